The van der Waals surface area contributed by atoms with Crippen LogP contribution in [-0.2, 0) is 27.5 Å². The maximum Gasteiger partial charge on any atom is 0.416 e. The number of nitrogens with zero attached hydrogens (tertiary/aromatic N) is 1. The van der Waals surface area contributed by atoms with Crippen LogP contribution in [0, 0.1) is 5.82 Å². The van der Waals surface area contributed by atoms with Crippen molar-refractivity contribution in [1.82, 2.24) is 9.62 Å². The highest BCUT2D eigenvalue weighted by Gasteiger charge is 2.31. The predicted molar refractivity (Wildman–Crippen MR) is 93.9 cm³/mol. The number of hydrogen-bond acceptors (Lipinski definition) is 4. The van der Waals surface area contributed by atoms with Crippen molar-refractivity contribution < 1.29 is 35.5 Å². The van der Waals surface area contributed by atoms with E-state index in [9.17, 15) is 30.8 Å². The van der Waals surface area contributed by atoms with E-state index < -0.39 is 38.4 Å². The van der Waals surface area contributed by atoms with Gasteiger partial charge in [0.1, 0.15) is 11.6 Å². The van der Waals surface area contributed by atoms with Crippen LogP contribution < -0.4 is 9.46 Å². The van der Waals surface area contributed by atoms with Crippen LogP contribution in [0.3, 0.4) is 0 Å². The van der Waals surface area contributed by atoms with Crippen LogP contribution in [-0.4, -0.2) is 38.9 Å². The molecule has 0 saturated carbocycles. The summed E-state index contributed by atoms with van der Waals surface area (Å²) >= 11 is 0. The zero-order chi connectivity index (χ0) is 21.2. The molecule has 0 spiro atoms. The fraction of sp³-hybridized carbons (Fsp3) is 0.278. The van der Waals surface area contributed by atoms with E-state index in [1.54, 1.807) is 0 Å². The van der Waals surface area contributed by atoms with Gasteiger partial charge in [-0.3, -0.25) is 4.79 Å². The Hall–Kier alpha value is -2.66. The topological polar surface area (TPSA) is 75.7 Å². The number of alkyl halides is 3. The Balaban J connectivity index is 1.68. The van der Waals surface area contributed by atoms with Crippen molar-refractivity contribution in [1.29, 1.82) is 0 Å². The van der Waals surface area contributed by atoms with E-state index in [0.29, 0.717) is 17.4 Å². The van der Waals surface area contributed by atoms with Crippen LogP contribution >= 0.6 is 0 Å². The van der Waals surface area contributed by atoms with Crippen molar-refractivity contribution in [2.24, 2.45) is 0 Å². The number of carbonyl (C=O) groups is 1. The number of halogens is 4. The molecule has 29 heavy (non-hydrogen) atoms. The molecule has 1 N–H and O–H groups in total. The second-order valence-corrected chi connectivity index (χ2v) is 8.05. The Morgan fingerprint density at radius 1 is 1.14 bits per heavy atom. The zero-order valence-electron chi connectivity index (χ0n) is 14.9. The standard InChI is InChI=1S/C18H16F4N2O4S/c19-14-4-5-16-12(8-14)10-24(17(25)11-28-16)7-6-23-29(26,27)15-3-1-2-13(9-15)18(20,21)22/h1-5,8-9,23H,6-7,10-11H2. The van der Waals surface area contributed by atoms with Crippen molar-refractivity contribution in [3.63, 3.8) is 0 Å². The molecule has 0 atom stereocenters. The first kappa shape index (κ1) is 21.1. The minimum Gasteiger partial charge on any atom is -0.483 e. The van der Waals surface area contributed by atoms with Crippen molar-refractivity contribution in [3.8, 4) is 5.75 Å². The summed E-state index contributed by atoms with van der Waals surface area (Å²) < 4.78 is 83.8. The molecular formula is C18H16F4N2O4S. The first-order valence-corrected chi connectivity index (χ1v) is 9.90. The number of nitrogens with one attached hydrogen (secondary N) is 1. The van der Waals surface area contributed by atoms with E-state index >= 15 is 0 Å². The van der Waals surface area contributed by atoms with Gasteiger partial charge in [-0.05, 0) is 36.4 Å². The average Bonchev–Trinajstić information content (AvgIpc) is 2.80. The molecule has 1 heterocycles. The van der Waals surface area contributed by atoms with E-state index in [1.807, 2.05) is 0 Å². The van der Waals surface area contributed by atoms with Gasteiger partial charge < -0.3 is 9.64 Å². The zero-order valence-corrected chi connectivity index (χ0v) is 15.7. The Bertz CT molecular complexity index is 1020. The molecule has 0 aliphatic carbocycles. The average molecular weight is 432 g/mol. The van der Waals surface area contributed by atoms with Gasteiger partial charge in [-0.1, -0.05) is 6.07 Å². The molecule has 0 saturated heterocycles. The number of fused-ring (bicyclic) bond motifs is 1. The van der Waals surface area contributed by atoms with Crippen LogP contribution in [0.4, 0.5) is 17.6 Å². The number of benzene rings is 2. The van der Waals surface area contributed by atoms with E-state index in [2.05, 4.69) is 4.72 Å². The minimum atomic E-state index is -4.67. The van der Waals surface area contributed by atoms with E-state index in [1.165, 1.54) is 23.1 Å². The summed E-state index contributed by atoms with van der Waals surface area (Å²) in [5.74, 6) is -0.585. The SMILES string of the molecule is O=C1COc2ccc(F)cc2CN1CCNS(=O)(=O)c1cccc(C(F)(F)F)c1. The molecule has 0 aromatic heterocycles. The largest absolute Gasteiger partial charge is 0.483 e. The highest BCUT2D eigenvalue weighted by Crippen LogP contribution is 2.30. The van der Waals surface area contributed by atoms with Crippen LogP contribution in [0.15, 0.2) is 47.4 Å². The van der Waals surface area contributed by atoms with Crippen LogP contribution in [0.1, 0.15) is 11.1 Å². The molecule has 0 bridgehead atoms. The summed E-state index contributed by atoms with van der Waals surface area (Å²) in [5.41, 5.74) is -0.657. The smallest absolute Gasteiger partial charge is 0.416 e. The highest BCUT2D eigenvalue weighted by molar-refractivity contribution is 7.89. The van der Waals surface area contributed by atoms with E-state index in [4.69, 9.17) is 4.74 Å². The Morgan fingerprint density at radius 2 is 1.90 bits per heavy atom. The summed E-state index contributed by atoms with van der Waals surface area (Å²) in [5, 5.41) is 0. The van der Waals surface area contributed by atoms with Crippen molar-refractivity contribution >= 4 is 15.9 Å². The minimum absolute atomic E-state index is 0.0111. The highest BCUT2D eigenvalue weighted by atomic mass is 32.2. The van der Waals surface area contributed by atoms with Gasteiger partial charge in [0, 0.05) is 25.2 Å². The third-order valence-electron chi connectivity index (χ3n) is 4.23. The van der Waals surface area contributed by atoms with Crippen LogP contribution in [0.25, 0.3) is 0 Å². The molecule has 1 aliphatic rings. The maximum absolute atomic E-state index is 13.4. The number of carbonyl (C=O) groups excluding carboxylic acids is 1. The Morgan fingerprint density at radius 3 is 2.62 bits per heavy atom. The van der Waals surface area contributed by atoms with Gasteiger partial charge in [-0.15, -0.1) is 0 Å². The van der Waals surface area contributed by atoms with Crippen LogP contribution in [0.2, 0.25) is 0 Å². The first-order valence-electron chi connectivity index (χ1n) is 8.42. The third-order valence-corrected chi connectivity index (χ3v) is 5.69. The van der Waals surface area contributed by atoms with Crippen molar-refractivity contribution in [2.45, 2.75) is 17.6 Å². The lowest BCUT2D eigenvalue weighted by atomic mass is 10.2. The summed E-state index contributed by atoms with van der Waals surface area (Å²) in [6.07, 6.45) is -4.67. The molecule has 1 aliphatic heterocycles. The molecule has 11 heteroatoms. The van der Waals surface area contributed by atoms with E-state index in [0.717, 1.165) is 18.2 Å². The summed E-state index contributed by atoms with van der Waals surface area (Å²) in [7, 11) is -4.22. The second kappa shape index (κ2) is 7.99. The van der Waals surface area contributed by atoms with Crippen molar-refractivity contribution in [2.75, 3.05) is 19.7 Å². The maximum atomic E-state index is 13.4. The van der Waals surface area contributed by atoms with Gasteiger partial charge in [0.05, 0.1) is 10.5 Å². The number of amides is 1. The molecule has 156 valence electrons. The van der Waals surface area contributed by atoms with Crippen LogP contribution in [0.5, 0.6) is 5.75 Å². The molecule has 0 unspecified atom stereocenters. The lowest BCUT2D eigenvalue weighted by Gasteiger charge is -2.20. The molecular weight excluding hydrogens is 416 g/mol. The molecule has 3 rings (SSSR count). The van der Waals surface area contributed by atoms with Gasteiger partial charge >= 0.3 is 6.18 Å². The predicted octanol–water partition coefficient (Wildman–Crippen LogP) is 2.54. The van der Waals surface area contributed by atoms with Gasteiger partial charge in [0.25, 0.3) is 5.91 Å². The van der Waals surface area contributed by atoms with Gasteiger partial charge in [-0.25, -0.2) is 17.5 Å². The number of hydrogen-bond donors (Lipinski definition) is 1. The number of rotatable bonds is 5. The lowest BCUT2D eigenvalue weighted by Crippen LogP contribution is -2.39. The third kappa shape index (κ3) is 5.04. The Labute approximate surface area is 164 Å². The molecule has 2 aromatic rings. The van der Waals surface area contributed by atoms with Crippen molar-refractivity contribution in [3.05, 3.63) is 59.4 Å². The Kier molecular flexibility index (Phi) is 5.80. The fourth-order valence-electron chi connectivity index (χ4n) is 2.78. The molecule has 0 radical (unpaired) electrons. The normalized spacial score (nSPS) is 14.9. The van der Waals surface area contributed by atoms with E-state index in [-0.39, 0.29) is 26.2 Å². The summed E-state index contributed by atoms with van der Waals surface area (Å²) in [6, 6.07) is 7.16. The first-order chi connectivity index (χ1) is 13.6. The quantitative estimate of drug-likeness (QED) is 0.737. The fourth-order valence-corrected chi connectivity index (χ4v) is 3.85. The molecule has 0 fully saturated rings. The lowest BCUT2D eigenvalue weighted by molar-refractivity contribution is -0.137. The second-order valence-electron chi connectivity index (χ2n) is 6.28. The van der Waals surface area contributed by atoms with Gasteiger partial charge in [0.15, 0.2) is 6.61 Å². The summed E-state index contributed by atoms with van der Waals surface area (Å²) in [4.78, 5) is 12.9. The number of ether oxygens (including phenoxy) is 1. The molecule has 6 nitrogen and oxygen atoms in total. The van der Waals surface area contributed by atoms with Gasteiger partial charge in [-0.2, -0.15) is 13.2 Å². The van der Waals surface area contributed by atoms with Gasteiger partial charge in [0.2, 0.25) is 10.0 Å². The molecule has 2 aromatic carbocycles. The number of sulfonamides is 1. The summed E-state index contributed by atoms with van der Waals surface area (Å²) in [6.45, 7) is -0.596. The monoisotopic (exact) mass is 432 g/mol. The molecule has 1 amide bonds.